The van der Waals surface area contributed by atoms with Crippen LogP contribution < -0.4 is 0 Å². The minimum Gasteiger partial charge on any atom is -0.465 e. The van der Waals surface area contributed by atoms with Crippen LogP contribution in [0.4, 0.5) is 0 Å². The van der Waals surface area contributed by atoms with Crippen LogP contribution in [0.3, 0.4) is 0 Å². The maximum Gasteiger partial charge on any atom is 0.323 e. The van der Waals surface area contributed by atoms with Crippen molar-refractivity contribution in [3.63, 3.8) is 0 Å². The molecule has 0 unspecified atom stereocenters. The third-order valence-corrected chi connectivity index (χ3v) is 5.26. The molecule has 0 spiro atoms. The number of rotatable bonds is 5. The summed E-state index contributed by atoms with van der Waals surface area (Å²) < 4.78 is 5.17. The van der Waals surface area contributed by atoms with E-state index in [1.54, 1.807) is 0 Å². The zero-order valence-corrected chi connectivity index (χ0v) is 14.6. The van der Waals surface area contributed by atoms with Crippen LogP contribution in [0.2, 0.25) is 0 Å². The topological polar surface area (TPSA) is 36.0 Å². The fourth-order valence-electron chi connectivity index (χ4n) is 3.72. The third kappa shape index (κ3) is 4.67. The van der Waals surface area contributed by atoms with Crippen LogP contribution in [0.1, 0.15) is 40.0 Å². The monoisotopic (exact) mass is 311 g/mol. The molecule has 5 nitrogen and oxygen atoms in total. The van der Waals surface area contributed by atoms with Gasteiger partial charge in [-0.15, -0.1) is 0 Å². The van der Waals surface area contributed by atoms with E-state index >= 15 is 0 Å². The summed E-state index contributed by atoms with van der Waals surface area (Å²) >= 11 is 0. The molecule has 0 aromatic rings. The van der Waals surface area contributed by atoms with Crippen molar-refractivity contribution in [3.8, 4) is 0 Å². The van der Waals surface area contributed by atoms with E-state index in [2.05, 4.69) is 21.6 Å². The van der Waals surface area contributed by atoms with Crippen molar-refractivity contribution in [2.45, 2.75) is 52.1 Å². The van der Waals surface area contributed by atoms with Gasteiger partial charge in [0, 0.05) is 25.7 Å². The number of nitrogens with zero attached hydrogens (tertiary/aromatic N) is 3. The van der Waals surface area contributed by atoms with Gasteiger partial charge in [-0.05, 0) is 59.3 Å². The van der Waals surface area contributed by atoms with Crippen molar-refractivity contribution < 1.29 is 9.53 Å². The summed E-state index contributed by atoms with van der Waals surface area (Å²) in [6, 6.07) is 0.627. The molecule has 2 aliphatic rings. The number of carbonyl (C=O) groups is 1. The standard InChI is InChI=1S/C17H33N3O2/c1-4-18-11-7-16(8-12-18)20-10-6-9-19(13-14-20)15(3)17(21)22-5-2/h15-16H,4-14H2,1-3H3/t15-/m1/s1. The molecule has 2 heterocycles. The van der Waals surface area contributed by atoms with Crippen LogP contribution >= 0.6 is 0 Å². The van der Waals surface area contributed by atoms with Gasteiger partial charge >= 0.3 is 5.97 Å². The molecule has 128 valence electrons. The molecule has 5 heteroatoms. The van der Waals surface area contributed by atoms with E-state index < -0.39 is 0 Å². The van der Waals surface area contributed by atoms with Crippen LogP contribution in [0.5, 0.6) is 0 Å². The fourth-order valence-corrected chi connectivity index (χ4v) is 3.72. The molecule has 0 aromatic heterocycles. The minimum atomic E-state index is -0.109. The Balaban J connectivity index is 1.81. The maximum absolute atomic E-state index is 11.9. The van der Waals surface area contributed by atoms with Gasteiger partial charge in [0.05, 0.1) is 6.61 Å². The Labute approximate surface area is 135 Å². The first-order valence-corrected chi connectivity index (χ1v) is 9.02. The van der Waals surface area contributed by atoms with Crippen LogP contribution in [-0.4, -0.2) is 85.2 Å². The van der Waals surface area contributed by atoms with E-state index in [4.69, 9.17) is 4.74 Å². The molecular weight excluding hydrogens is 278 g/mol. The highest BCUT2D eigenvalue weighted by Gasteiger charge is 2.28. The van der Waals surface area contributed by atoms with E-state index in [0.29, 0.717) is 6.61 Å². The quantitative estimate of drug-likeness (QED) is 0.718. The SMILES string of the molecule is CCOC(=O)[C@@H](C)N1CCCN(C2CCN(CC)CC2)CC1. The van der Waals surface area contributed by atoms with Crippen molar-refractivity contribution in [3.05, 3.63) is 0 Å². The molecule has 0 aromatic carbocycles. The van der Waals surface area contributed by atoms with E-state index in [9.17, 15) is 4.79 Å². The van der Waals surface area contributed by atoms with Gasteiger partial charge in [-0.1, -0.05) is 6.92 Å². The number of esters is 1. The molecule has 0 saturated carbocycles. The first-order chi connectivity index (χ1) is 10.7. The van der Waals surface area contributed by atoms with Gasteiger partial charge in [-0.25, -0.2) is 0 Å². The Morgan fingerprint density at radius 1 is 1.09 bits per heavy atom. The lowest BCUT2D eigenvalue weighted by molar-refractivity contribution is -0.148. The Morgan fingerprint density at radius 3 is 2.45 bits per heavy atom. The molecule has 2 saturated heterocycles. The summed E-state index contributed by atoms with van der Waals surface area (Å²) in [6.07, 6.45) is 3.74. The molecule has 0 aliphatic carbocycles. The zero-order valence-electron chi connectivity index (χ0n) is 14.6. The molecule has 2 fully saturated rings. The molecule has 0 N–H and O–H groups in total. The molecule has 1 atom stereocenters. The van der Waals surface area contributed by atoms with Crippen molar-refractivity contribution >= 4 is 5.97 Å². The molecule has 2 aliphatic heterocycles. The second kappa shape index (κ2) is 8.85. The van der Waals surface area contributed by atoms with Crippen molar-refractivity contribution in [2.24, 2.45) is 0 Å². The first-order valence-electron chi connectivity index (χ1n) is 9.02. The second-order valence-electron chi connectivity index (χ2n) is 6.52. The number of hydrogen-bond acceptors (Lipinski definition) is 5. The predicted octanol–water partition coefficient (Wildman–Crippen LogP) is 1.43. The van der Waals surface area contributed by atoms with Crippen molar-refractivity contribution in [1.82, 2.24) is 14.7 Å². The van der Waals surface area contributed by atoms with Gasteiger partial charge in [-0.2, -0.15) is 0 Å². The van der Waals surface area contributed by atoms with E-state index in [0.717, 1.165) is 32.1 Å². The highest BCUT2D eigenvalue weighted by atomic mass is 16.5. The average Bonchev–Trinajstić information content (AvgIpc) is 2.80. The molecule has 22 heavy (non-hydrogen) atoms. The highest BCUT2D eigenvalue weighted by molar-refractivity contribution is 5.75. The van der Waals surface area contributed by atoms with E-state index in [1.165, 1.54) is 39.0 Å². The number of hydrogen-bond donors (Lipinski definition) is 0. The van der Waals surface area contributed by atoms with Gasteiger partial charge in [0.2, 0.25) is 0 Å². The summed E-state index contributed by atoms with van der Waals surface area (Å²) in [5.74, 6) is -0.0767. The van der Waals surface area contributed by atoms with Crippen molar-refractivity contribution in [1.29, 1.82) is 0 Å². The van der Waals surface area contributed by atoms with Crippen LogP contribution in [0, 0.1) is 0 Å². The highest BCUT2D eigenvalue weighted by Crippen LogP contribution is 2.19. The van der Waals surface area contributed by atoms with Gasteiger partial charge in [-0.3, -0.25) is 14.6 Å². The number of carbonyl (C=O) groups excluding carboxylic acids is 1. The maximum atomic E-state index is 11.9. The first kappa shape index (κ1) is 17.7. The molecule has 0 radical (unpaired) electrons. The normalized spacial score (nSPS) is 24.9. The number of likely N-dealkylation sites (tertiary alicyclic amines) is 1. The van der Waals surface area contributed by atoms with Crippen LogP contribution in [0.25, 0.3) is 0 Å². The second-order valence-corrected chi connectivity index (χ2v) is 6.52. The molecule has 0 amide bonds. The summed E-state index contributed by atoms with van der Waals surface area (Å²) in [4.78, 5) is 19.4. The van der Waals surface area contributed by atoms with Gasteiger partial charge in [0.25, 0.3) is 0 Å². The molecule has 2 rings (SSSR count). The lowest BCUT2D eigenvalue weighted by Gasteiger charge is -2.37. The van der Waals surface area contributed by atoms with Crippen molar-refractivity contribution in [2.75, 3.05) is 52.4 Å². The Hall–Kier alpha value is -0.650. The Kier molecular flexibility index (Phi) is 7.12. The molecule has 0 bridgehead atoms. The minimum absolute atomic E-state index is 0.0767. The van der Waals surface area contributed by atoms with Gasteiger partial charge < -0.3 is 9.64 Å². The van der Waals surface area contributed by atoms with Gasteiger partial charge in [0.1, 0.15) is 6.04 Å². The lowest BCUT2D eigenvalue weighted by Crippen LogP contribution is -2.47. The predicted molar refractivity (Wildman–Crippen MR) is 89.0 cm³/mol. The summed E-state index contributed by atoms with van der Waals surface area (Å²) in [5.41, 5.74) is 0. The van der Waals surface area contributed by atoms with E-state index in [-0.39, 0.29) is 12.0 Å². The summed E-state index contributed by atoms with van der Waals surface area (Å²) in [5, 5.41) is 0. The number of piperidine rings is 1. The smallest absolute Gasteiger partial charge is 0.323 e. The van der Waals surface area contributed by atoms with Gasteiger partial charge in [0.15, 0.2) is 0 Å². The average molecular weight is 311 g/mol. The summed E-state index contributed by atoms with van der Waals surface area (Å²) in [6.45, 7) is 14.5. The zero-order chi connectivity index (χ0) is 15.9. The Morgan fingerprint density at radius 2 is 1.82 bits per heavy atom. The lowest BCUT2D eigenvalue weighted by atomic mass is 10.0. The largest absolute Gasteiger partial charge is 0.465 e. The van der Waals surface area contributed by atoms with Crippen LogP contribution in [0.15, 0.2) is 0 Å². The van der Waals surface area contributed by atoms with Crippen LogP contribution in [-0.2, 0) is 9.53 Å². The fraction of sp³-hybridized carbons (Fsp3) is 0.941. The summed E-state index contributed by atoms with van der Waals surface area (Å²) in [7, 11) is 0. The van der Waals surface area contributed by atoms with E-state index in [1.807, 2.05) is 13.8 Å². The third-order valence-electron chi connectivity index (χ3n) is 5.26. The Bertz CT molecular complexity index is 343. The number of ether oxygens (including phenoxy) is 1. The molecular formula is C17H33N3O2.